The molecule has 2 fully saturated rings. The number of alkyl halides is 3. The minimum atomic E-state index is -4.61. The molecule has 1 unspecified atom stereocenters. The Balaban J connectivity index is 1.35. The molecule has 3 aliphatic rings. The Morgan fingerprint density at radius 1 is 1.16 bits per heavy atom. The maximum absolute atomic E-state index is 13.4. The van der Waals surface area contributed by atoms with Gasteiger partial charge in [-0.1, -0.05) is 0 Å². The van der Waals surface area contributed by atoms with E-state index in [0.717, 1.165) is 13.3 Å². The fourth-order valence-electron chi connectivity index (χ4n) is 4.68. The van der Waals surface area contributed by atoms with Crippen LogP contribution in [0, 0.1) is 0 Å². The summed E-state index contributed by atoms with van der Waals surface area (Å²) in [5.74, 6) is -1.02. The van der Waals surface area contributed by atoms with Gasteiger partial charge in [0, 0.05) is 31.5 Å². The van der Waals surface area contributed by atoms with Crippen LogP contribution >= 0.6 is 0 Å². The van der Waals surface area contributed by atoms with E-state index in [1.54, 1.807) is 6.07 Å². The summed E-state index contributed by atoms with van der Waals surface area (Å²) in [7, 11) is 0. The summed E-state index contributed by atoms with van der Waals surface area (Å²) in [6, 6.07) is 2.89. The van der Waals surface area contributed by atoms with Crippen LogP contribution in [-0.2, 0) is 4.74 Å². The molecule has 2 aromatic rings. The third-order valence-electron chi connectivity index (χ3n) is 6.76. The highest BCUT2D eigenvalue weighted by molar-refractivity contribution is 6.05. The number of urea groups is 1. The van der Waals surface area contributed by atoms with E-state index in [-0.39, 0.29) is 35.3 Å². The Morgan fingerprint density at radius 3 is 2.71 bits per heavy atom. The quantitative estimate of drug-likeness (QED) is 0.538. The molecule has 2 aromatic heterocycles. The van der Waals surface area contributed by atoms with Crippen molar-refractivity contribution >= 4 is 35.2 Å². The van der Waals surface area contributed by atoms with Crippen molar-refractivity contribution in [3.63, 3.8) is 0 Å². The van der Waals surface area contributed by atoms with Crippen LogP contribution in [0.15, 0.2) is 30.5 Å². The van der Waals surface area contributed by atoms with Crippen molar-refractivity contribution in [2.75, 3.05) is 41.4 Å². The average molecular weight is 534 g/mol. The van der Waals surface area contributed by atoms with E-state index in [1.165, 1.54) is 29.3 Å². The van der Waals surface area contributed by atoms with Crippen LogP contribution in [0.3, 0.4) is 0 Å². The lowest BCUT2D eigenvalue weighted by atomic mass is 10.1. The van der Waals surface area contributed by atoms with Crippen LogP contribution in [-0.4, -0.2) is 78.4 Å². The first-order valence-electron chi connectivity index (χ1n) is 12.2. The highest BCUT2D eigenvalue weighted by Gasteiger charge is 2.41. The van der Waals surface area contributed by atoms with Crippen molar-refractivity contribution in [1.82, 2.24) is 20.6 Å². The summed E-state index contributed by atoms with van der Waals surface area (Å²) in [4.78, 5) is 50.4. The molecule has 2 bridgehead atoms. The number of carbonyl (C=O) groups is 3. The first-order chi connectivity index (χ1) is 18.1. The van der Waals surface area contributed by atoms with Gasteiger partial charge in [-0.25, -0.2) is 14.8 Å². The van der Waals surface area contributed by atoms with E-state index >= 15 is 0 Å². The van der Waals surface area contributed by atoms with E-state index in [1.807, 2.05) is 10.2 Å². The third-order valence-corrected chi connectivity index (χ3v) is 6.76. The van der Waals surface area contributed by atoms with Crippen LogP contribution in [0.4, 0.5) is 35.3 Å². The summed E-state index contributed by atoms with van der Waals surface area (Å²) in [5.41, 5.74) is 0.658. The zero-order valence-corrected chi connectivity index (χ0v) is 20.4. The van der Waals surface area contributed by atoms with Gasteiger partial charge in [-0.3, -0.25) is 19.8 Å². The van der Waals surface area contributed by atoms with Gasteiger partial charge in [0.15, 0.2) is 5.82 Å². The molecule has 0 spiro atoms. The van der Waals surface area contributed by atoms with Gasteiger partial charge in [-0.05, 0) is 44.0 Å². The molecule has 3 N–H and O–H groups in total. The lowest BCUT2D eigenvalue weighted by Gasteiger charge is -2.35. The monoisotopic (exact) mass is 533 g/mol. The predicted molar refractivity (Wildman–Crippen MR) is 130 cm³/mol. The van der Waals surface area contributed by atoms with Crippen molar-refractivity contribution in [2.24, 2.45) is 0 Å². The summed E-state index contributed by atoms with van der Waals surface area (Å²) in [6.07, 6.45) is -1.85. The summed E-state index contributed by atoms with van der Waals surface area (Å²) in [6.45, 7) is 3.05. The molecule has 11 nitrogen and oxygen atoms in total. The second kappa shape index (κ2) is 10.1. The number of hydrogen-bond acceptors (Lipinski definition) is 7. The number of ether oxygens (including phenoxy) is 1. The number of pyridine rings is 2. The molecule has 0 saturated carbocycles. The largest absolute Gasteiger partial charge is 0.408 e. The van der Waals surface area contributed by atoms with Crippen molar-refractivity contribution in [2.45, 2.75) is 44.1 Å². The van der Waals surface area contributed by atoms with E-state index in [9.17, 15) is 27.6 Å². The summed E-state index contributed by atoms with van der Waals surface area (Å²) < 4.78 is 44.0. The normalized spacial score (nSPS) is 21.1. The maximum atomic E-state index is 13.4. The first kappa shape index (κ1) is 25.7. The van der Waals surface area contributed by atoms with Crippen LogP contribution < -0.4 is 25.8 Å². The number of carbonyl (C=O) groups excluding carboxylic acids is 3. The number of halogens is 3. The molecule has 2 saturated heterocycles. The number of fused-ring (bicyclic) bond motifs is 4. The molecular weight excluding hydrogens is 507 g/mol. The zero-order chi connectivity index (χ0) is 27.0. The highest BCUT2D eigenvalue weighted by atomic mass is 19.4. The molecule has 0 radical (unpaired) electrons. The lowest BCUT2D eigenvalue weighted by molar-refractivity contribution is -0.149. The van der Waals surface area contributed by atoms with Crippen molar-refractivity contribution in [3.8, 4) is 0 Å². The molecular formula is C24H26F3N7O4. The smallest absolute Gasteiger partial charge is 0.379 e. The molecule has 14 heteroatoms. The number of nitrogens with zero attached hydrogens (tertiary/aromatic N) is 4. The Kier molecular flexibility index (Phi) is 6.82. The Labute approximate surface area is 215 Å². The van der Waals surface area contributed by atoms with Crippen LogP contribution in [0.2, 0.25) is 0 Å². The van der Waals surface area contributed by atoms with E-state index in [0.29, 0.717) is 44.0 Å². The van der Waals surface area contributed by atoms with Crippen LogP contribution in [0.25, 0.3) is 0 Å². The Hall–Kier alpha value is -3.94. The Bertz CT molecular complexity index is 1250. The van der Waals surface area contributed by atoms with E-state index < -0.39 is 24.2 Å². The number of nitrogens with one attached hydrogen (secondary N) is 3. The van der Waals surface area contributed by atoms with Gasteiger partial charge < -0.3 is 20.3 Å². The second-order valence-electron chi connectivity index (χ2n) is 9.43. The van der Waals surface area contributed by atoms with Crippen molar-refractivity contribution in [1.29, 1.82) is 0 Å². The van der Waals surface area contributed by atoms with E-state index in [4.69, 9.17) is 4.74 Å². The maximum Gasteiger partial charge on any atom is 0.408 e. The first-order valence-corrected chi connectivity index (χ1v) is 12.2. The SMILES string of the molecule is CC(NC(=O)c1ccc2c(n1)N(C(=O)Nc1cc(C(=O)N[C@H]3CCOC3)ccn1)[C@H]1CCN2C1)C(F)(F)F. The van der Waals surface area contributed by atoms with Gasteiger partial charge in [0.2, 0.25) is 0 Å². The average Bonchev–Trinajstić information content (AvgIpc) is 3.54. The molecule has 5 rings (SSSR count). The second-order valence-corrected chi connectivity index (χ2v) is 9.43. The zero-order valence-electron chi connectivity index (χ0n) is 20.4. The van der Waals surface area contributed by atoms with Gasteiger partial charge in [-0.15, -0.1) is 0 Å². The predicted octanol–water partition coefficient (Wildman–Crippen LogP) is 2.31. The van der Waals surface area contributed by atoms with Gasteiger partial charge in [0.1, 0.15) is 17.6 Å². The van der Waals surface area contributed by atoms with Gasteiger partial charge in [0.25, 0.3) is 11.8 Å². The van der Waals surface area contributed by atoms with E-state index in [2.05, 4.69) is 20.6 Å². The van der Waals surface area contributed by atoms with Crippen LogP contribution in [0.1, 0.15) is 40.6 Å². The third kappa shape index (κ3) is 5.21. The summed E-state index contributed by atoms with van der Waals surface area (Å²) >= 11 is 0. The summed E-state index contributed by atoms with van der Waals surface area (Å²) in [5, 5.41) is 7.46. The molecule has 0 aliphatic carbocycles. The Morgan fingerprint density at radius 2 is 1.97 bits per heavy atom. The molecule has 202 valence electrons. The van der Waals surface area contributed by atoms with Crippen molar-refractivity contribution < 1.29 is 32.3 Å². The number of aromatic nitrogens is 2. The number of anilines is 3. The minimum Gasteiger partial charge on any atom is -0.379 e. The van der Waals surface area contributed by atoms with Gasteiger partial charge >= 0.3 is 12.2 Å². The van der Waals surface area contributed by atoms with Gasteiger partial charge in [-0.2, -0.15) is 13.2 Å². The molecule has 3 atom stereocenters. The topological polar surface area (TPSA) is 129 Å². The number of rotatable bonds is 5. The molecule has 5 heterocycles. The van der Waals surface area contributed by atoms with Crippen molar-refractivity contribution in [3.05, 3.63) is 41.7 Å². The lowest BCUT2D eigenvalue weighted by Crippen LogP contribution is -2.49. The number of amides is 4. The number of hydrogen-bond donors (Lipinski definition) is 3. The fourth-order valence-corrected chi connectivity index (χ4v) is 4.68. The molecule has 0 aromatic carbocycles. The minimum absolute atomic E-state index is 0.0829. The molecule has 3 aliphatic heterocycles. The fraction of sp³-hybridized carbons (Fsp3) is 0.458. The molecule has 4 amide bonds. The van der Waals surface area contributed by atoms with Gasteiger partial charge in [0.05, 0.1) is 24.4 Å². The molecule has 38 heavy (non-hydrogen) atoms. The highest BCUT2D eigenvalue weighted by Crippen LogP contribution is 2.39. The van der Waals surface area contributed by atoms with Crippen LogP contribution in [0.5, 0.6) is 0 Å². The standard InChI is InChI=1S/C24H26F3N7O4/c1-13(24(25,26)27)29-22(36)17-2-3-18-20(31-17)34(16-5-8-33(18)11-16)23(37)32-19-10-14(4-7-28-19)21(35)30-15-6-9-38-12-15/h2-4,7,10,13,15-16H,5-6,8-9,11-12H2,1H3,(H,29,36)(H,30,35)(H,28,32,37)/t13?,15-,16-/m0/s1.